The first-order valence-electron chi connectivity index (χ1n) is 7.25. The highest BCUT2D eigenvalue weighted by Gasteiger charge is 2.28. The molecular weight excluding hydrogens is 272 g/mol. The Kier molecular flexibility index (Phi) is 6.50. The Morgan fingerprint density at radius 3 is 2.50 bits per heavy atom. The molecule has 2 N–H and O–H groups in total. The van der Waals surface area contributed by atoms with Crippen molar-refractivity contribution >= 4 is 24.0 Å². The zero-order chi connectivity index (χ0) is 13.8. The lowest BCUT2D eigenvalue weighted by atomic mass is 9.85. The van der Waals surface area contributed by atoms with Crippen LogP contribution in [0.3, 0.4) is 0 Å². The highest BCUT2D eigenvalue weighted by atomic mass is 35.5. The summed E-state index contributed by atoms with van der Waals surface area (Å²) in [5.41, 5.74) is 8.20. The summed E-state index contributed by atoms with van der Waals surface area (Å²) < 4.78 is 0. The van der Waals surface area contributed by atoms with Crippen LogP contribution < -0.4 is 10.6 Å². The first-order chi connectivity index (χ1) is 9.11. The number of carbonyl (C=O) groups is 1. The van der Waals surface area contributed by atoms with Crippen molar-refractivity contribution in [2.45, 2.75) is 45.6 Å². The van der Waals surface area contributed by atoms with E-state index in [2.05, 4.69) is 19.1 Å². The zero-order valence-electron chi connectivity index (χ0n) is 12.3. The molecule has 0 aromatic heterocycles. The van der Waals surface area contributed by atoms with Crippen LogP contribution in [0.25, 0.3) is 0 Å². The van der Waals surface area contributed by atoms with Crippen LogP contribution in [0.5, 0.6) is 0 Å². The van der Waals surface area contributed by atoms with E-state index in [0.29, 0.717) is 6.54 Å². The van der Waals surface area contributed by atoms with E-state index in [1.807, 2.05) is 24.0 Å². The van der Waals surface area contributed by atoms with E-state index in [0.717, 1.165) is 31.4 Å². The van der Waals surface area contributed by atoms with Crippen molar-refractivity contribution in [3.05, 3.63) is 29.8 Å². The molecule has 1 saturated carbocycles. The van der Waals surface area contributed by atoms with E-state index < -0.39 is 0 Å². The molecule has 2 atom stereocenters. The summed E-state index contributed by atoms with van der Waals surface area (Å²) in [6.07, 6.45) is 3.94. The fourth-order valence-electron chi connectivity index (χ4n) is 2.86. The molecule has 0 bridgehead atoms. The Bertz CT molecular complexity index is 433. The van der Waals surface area contributed by atoms with Crippen LogP contribution in [0.1, 0.15) is 38.2 Å². The standard InChI is InChI=1S/C16H24N2O.ClH/c1-3-18(15-9-7-12(2)8-10-15)16(19)13-5-4-6-14(17)11-13;/h7-10,13-14H,3-6,11,17H2,1-2H3;1H. The number of aryl methyl sites for hydroxylation is 1. The summed E-state index contributed by atoms with van der Waals surface area (Å²) >= 11 is 0. The van der Waals surface area contributed by atoms with Crippen molar-refractivity contribution in [1.29, 1.82) is 0 Å². The molecule has 0 radical (unpaired) electrons. The van der Waals surface area contributed by atoms with E-state index >= 15 is 0 Å². The number of halogens is 1. The van der Waals surface area contributed by atoms with Gasteiger partial charge in [0.2, 0.25) is 5.91 Å². The number of hydrogen-bond acceptors (Lipinski definition) is 2. The van der Waals surface area contributed by atoms with Gasteiger partial charge in [0.1, 0.15) is 0 Å². The van der Waals surface area contributed by atoms with Crippen LogP contribution >= 0.6 is 12.4 Å². The van der Waals surface area contributed by atoms with Crippen molar-refractivity contribution < 1.29 is 4.79 Å². The number of hydrogen-bond donors (Lipinski definition) is 1. The van der Waals surface area contributed by atoms with E-state index in [1.165, 1.54) is 5.56 Å². The summed E-state index contributed by atoms with van der Waals surface area (Å²) in [4.78, 5) is 14.5. The van der Waals surface area contributed by atoms with E-state index in [9.17, 15) is 4.79 Å². The number of rotatable bonds is 3. The maximum Gasteiger partial charge on any atom is 0.230 e. The molecule has 112 valence electrons. The first-order valence-corrected chi connectivity index (χ1v) is 7.25. The topological polar surface area (TPSA) is 46.3 Å². The van der Waals surface area contributed by atoms with Crippen molar-refractivity contribution in [2.24, 2.45) is 11.7 Å². The number of nitrogens with zero attached hydrogens (tertiary/aromatic N) is 1. The van der Waals surface area contributed by atoms with Gasteiger partial charge in [-0.1, -0.05) is 24.1 Å². The highest BCUT2D eigenvalue weighted by molar-refractivity contribution is 5.95. The molecule has 3 nitrogen and oxygen atoms in total. The van der Waals surface area contributed by atoms with Crippen molar-refractivity contribution in [1.82, 2.24) is 0 Å². The normalized spacial score (nSPS) is 21.9. The second-order valence-electron chi connectivity index (χ2n) is 5.54. The second kappa shape index (κ2) is 7.65. The third-order valence-corrected chi connectivity index (χ3v) is 3.99. The molecule has 0 saturated heterocycles. The molecule has 1 amide bonds. The number of carbonyl (C=O) groups excluding carboxylic acids is 1. The molecule has 0 heterocycles. The van der Waals surface area contributed by atoms with Crippen LogP contribution in [0.15, 0.2) is 24.3 Å². The third-order valence-electron chi connectivity index (χ3n) is 3.99. The van der Waals surface area contributed by atoms with Gasteiger partial charge in [-0.2, -0.15) is 0 Å². The van der Waals surface area contributed by atoms with Crippen LogP contribution in [0.2, 0.25) is 0 Å². The minimum atomic E-state index is 0. The first kappa shape index (κ1) is 17.0. The molecule has 20 heavy (non-hydrogen) atoms. The van der Waals surface area contributed by atoms with E-state index in [1.54, 1.807) is 0 Å². The van der Waals surface area contributed by atoms with Gasteiger partial charge >= 0.3 is 0 Å². The summed E-state index contributed by atoms with van der Waals surface area (Å²) in [6, 6.07) is 8.36. The molecule has 2 unspecified atom stereocenters. The van der Waals surface area contributed by atoms with Crippen molar-refractivity contribution in [3.63, 3.8) is 0 Å². The van der Waals surface area contributed by atoms with Gasteiger partial charge in [0, 0.05) is 24.2 Å². The molecule has 1 fully saturated rings. The minimum absolute atomic E-state index is 0. The lowest BCUT2D eigenvalue weighted by molar-refractivity contribution is -0.123. The smallest absolute Gasteiger partial charge is 0.230 e. The molecule has 1 aromatic rings. The van der Waals surface area contributed by atoms with Gasteiger partial charge in [-0.05, 0) is 45.2 Å². The minimum Gasteiger partial charge on any atom is -0.328 e. The molecular formula is C16H25ClN2O. The SMILES string of the molecule is CCN(C(=O)C1CCCC(N)C1)c1ccc(C)cc1.Cl. The average Bonchev–Trinajstić information content (AvgIpc) is 2.41. The summed E-state index contributed by atoms with van der Waals surface area (Å²) in [6.45, 7) is 4.80. The summed E-state index contributed by atoms with van der Waals surface area (Å²) in [5, 5.41) is 0. The third kappa shape index (κ3) is 3.97. The van der Waals surface area contributed by atoms with Crippen LogP contribution in [0, 0.1) is 12.8 Å². The van der Waals surface area contributed by atoms with Crippen LogP contribution in [-0.4, -0.2) is 18.5 Å². The monoisotopic (exact) mass is 296 g/mol. The summed E-state index contributed by atoms with van der Waals surface area (Å²) in [7, 11) is 0. The van der Waals surface area contributed by atoms with Crippen LogP contribution in [0.4, 0.5) is 5.69 Å². The van der Waals surface area contributed by atoms with Crippen LogP contribution in [-0.2, 0) is 4.79 Å². The Balaban J connectivity index is 0.00000200. The van der Waals surface area contributed by atoms with Gasteiger partial charge in [0.05, 0.1) is 0 Å². The molecule has 1 aromatic carbocycles. The fourth-order valence-corrected chi connectivity index (χ4v) is 2.86. The number of nitrogens with two attached hydrogens (primary N) is 1. The summed E-state index contributed by atoms with van der Waals surface area (Å²) in [5.74, 6) is 0.339. The zero-order valence-corrected chi connectivity index (χ0v) is 13.2. The number of amides is 1. The fraction of sp³-hybridized carbons (Fsp3) is 0.562. The largest absolute Gasteiger partial charge is 0.328 e. The number of benzene rings is 1. The Morgan fingerprint density at radius 1 is 1.30 bits per heavy atom. The van der Waals surface area contributed by atoms with Gasteiger partial charge in [-0.3, -0.25) is 4.79 Å². The number of anilines is 1. The lowest BCUT2D eigenvalue weighted by Crippen LogP contribution is -2.40. The Morgan fingerprint density at radius 2 is 1.95 bits per heavy atom. The molecule has 0 spiro atoms. The van der Waals surface area contributed by atoms with E-state index in [4.69, 9.17) is 5.73 Å². The van der Waals surface area contributed by atoms with E-state index in [-0.39, 0.29) is 30.3 Å². The van der Waals surface area contributed by atoms with Gasteiger partial charge < -0.3 is 10.6 Å². The Labute approximate surface area is 127 Å². The maximum absolute atomic E-state index is 12.6. The van der Waals surface area contributed by atoms with Gasteiger partial charge in [-0.15, -0.1) is 12.4 Å². The quantitative estimate of drug-likeness (QED) is 0.930. The predicted octanol–water partition coefficient (Wildman–Crippen LogP) is 3.29. The van der Waals surface area contributed by atoms with Crippen molar-refractivity contribution in [3.8, 4) is 0 Å². The molecule has 4 heteroatoms. The van der Waals surface area contributed by atoms with Gasteiger partial charge in [0.15, 0.2) is 0 Å². The Hall–Kier alpha value is -1.06. The maximum atomic E-state index is 12.6. The second-order valence-corrected chi connectivity index (χ2v) is 5.54. The molecule has 1 aliphatic carbocycles. The average molecular weight is 297 g/mol. The molecule has 1 aliphatic rings. The lowest BCUT2D eigenvalue weighted by Gasteiger charge is -2.31. The van der Waals surface area contributed by atoms with Gasteiger partial charge in [0.25, 0.3) is 0 Å². The highest BCUT2D eigenvalue weighted by Crippen LogP contribution is 2.27. The molecule has 2 rings (SSSR count). The van der Waals surface area contributed by atoms with Crippen molar-refractivity contribution in [2.75, 3.05) is 11.4 Å². The van der Waals surface area contributed by atoms with Gasteiger partial charge in [-0.25, -0.2) is 0 Å². The molecule has 0 aliphatic heterocycles. The predicted molar refractivity (Wildman–Crippen MR) is 86.4 cm³/mol.